The summed E-state index contributed by atoms with van der Waals surface area (Å²) in [5.74, 6) is 0.851. The Labute approximate surface area is 131 Å². The van der Waals surface area contributed by atoms with Crippen molar-refractivity contribution in [2.45, 2.75) is 0 Å². The van der Waals surface area contributed by atoms with Crippen LogP contribution in [0.3, 0.4) is 0 Å². The minimum atomic E-state index is -0.481. The number of alkyl halides is 1. The number of hydrogen-bond acceptors (Lipinski definition) is 3. The molecule has 1 saturated heterocycles. The third kappa shape index (κ3) is 3.65. The average Bonchev–Trinajstić information content (AvgIpc) is 2.46. The number of halogens is 2. The molecule has 0 bridgehead atoms. The van der Waals surface area contributed by atoms with E-state index in [0.717, 1.165) is 41.2 Å². The lowest BCUT2D eigenvalue weighted by molar-refractivity contribution is 0.271. The molecule has 1 aromatic rings. The number of anilines is 1. The van der Waals surface area contributed by atoms with Crippen molar-refractivity contribution in [1.82, 2.24) is 4.90 Å². The molecule has 5 nitrogen and oxygen atoms in total. The van der Waals surface area contributed by atoms with Crippen molar-refractivity contribution >= 4 is 34.2 Å². The van der Waals surface area contributed by atoms with Gasteiger partial charge in [0, 0.05) is 31.9 Å². The first-order valence-electron chi connectivity index (χ1n) is 6.44. The molecule has 0 amide bonds. The van der Waals surface area contributed by atoms with Crippen molar-refractivity contribution < 1.29 is 9.13 Å². The van der Waals surface area contributed by atoms with Crippen molar-refractivity contribution in [3.05, 3.63) is 21.8 Å². The predicted molar refractivity (Wildman–Crippen MR) is 86.3 cm³/mol. The first kappa shape index (κ1) is 15.1. The summed E-state index contributed by atoms with van der Waals surface area (Å²) in [6, 6.07) is 5.90. The van der Waals surface area contributed by atoms with Crippen LogP contribution in [0.2, 0.25) is 0 Å². The maximum atomic E-state index is 12.1. The molecule has 3 N–H and O–H groups in total. The zero-order chi connectivity index (χ0) is 14.5. The number of nitrogens with zero attached hydrogens (tertiary/aromatic N) is 2. The quantitative estimate of drug-likeness (QED) is 0.465. The van der Waals surface area contributed by atoms with Gasteiger partial charge >= 0.3 is 0 Å². The number of nitrogens with one attached hydrogen (secondary N) is 1. The zero-order valence-corrected chi connectivity index (χ0v) is 13.3. The van der Waals surface area contributed by atoms with Crippen molar-refractivity contribution in [3.63, 3.8) is 0 Å². The van der Waals surface area contributed by atoms with Crippen LogP contribution < -0.4 is 15.4 Å². The molecule has 1 aromatic carbocycles. The highest BCUT2D eigenvalue weighted by atomic mass is 127. The van der Waals surface area contributed by atoms with Crippen molar-refractivity contribution in [1.29, 1.82) is 5.41 Å². The van der Waals surface area contributed by atoms with Gasteiger partial charge < -0.3 is 20.3 Å². The summed E-state index contributed by atoms with van der Waals surface area (Å²) in [6.07, 6.45) is 0. The highest BCUT2D eigenvalue weighted by Crippen LogP contribution is 2.27. The number of benzene rings is 1. The fraction of sp³-hybridized carbons (Fsp3) is 0.462. The highest BCUT2D eigenvalue weighted by molar-refractivity contribution is 14.1. The molecule has 1 heterocycles. The first-order valence-corrected chi connectivity index (χ1v) is 7.52. The van der Waals surface area contributed by atoms with Crippen LogP contribution in [0.15, 0.2) is 18.2 Å². The summed E-state index contributed by atoms with van der Waals surface area (Å²) in [5, 5.41) is 7.42. The van der Waals surface area contributed by atoms with Crippen molar-refractivity contribution in [2.75, 3.05) is 44.4 Å². The van der Waals surface area contributed by atoms with E-state index < -0.39 is 6.67 Å². The molecule has 0 aromatic heterocycles. The topological polar surface area (TPSA) is 65.6 Å². The molecule has 1 aliphatic heterocycles. The smallest absolute Gasteiger partial charge is 0.188 e. The van der Waals surface area contributed by atoms with Crippen LogP contribution in [-0.2, 0) is 0 Å². The molecule has 0 radical (unpaired) electrons. The van der Waals surface area contributed by atoms with Gasteiger partial charge in [0.05, 0.1) is 3.57 Å². The molecule has 1 aliphatic rings. The van der Waals surface area contributed by atoms with Crippen LogP contribution in [0.5, 0.6) is 5.75 Å². The van der Waals surface area contributed by atoms with Crippen molar-refractivity contribution in [2.24, 2.45) is 5.73 Å². The van der Waals surface area contributed by atoms with Crippen molar-refractivity contribution in [3.8, 4) is 5.75 Å². The van der Waals surface area contributed by atoms with Gasteiger partial charge in [-0.05, 0) is 40.8 Å². The fourth-order valence-corrected chi connectivity index (χ4v) is 2.81. The number of nitrogens with two attached hydrogens (primary N) is 1. The monoisotopic (exact) mass is 392 g/mol. The van der Waals surface area contributed by atoms with E-state index in [9.17, 15) is 4.39 Å². The largest absolute Gasteiger partial charge is 0.490 e. The molecular weight excluding hydrogens is 374 g/mol. The van der Waals surface area contributed by atoms with E-state index in [1.54, 1.807) is 0 Å². The summed E-state index contributed by atoms with van der Waals surface area (Å²) >= 11 is 2.20. The van der Waals surface area contributed by atoms with Crippen LogP contribution in [0, 0.1) is 8.98 Å². The van der Waals surface area contributed by atoms with Gasteiger partial charge in [-0.3, -0.25) is 5.41 Å². The van der Waals surface area contributed by atoms with Gasteiger partial charge in [0.15, 0.2) is 5.96 Å². The molecule has 20 heavy (non-hydrogen) atoms. The SMILES string of the molecule is N=C(N)N1CCN(c2ccc(OCCF)c(I)c2)CC1. The minimum absolute atomic E-state index is 0.0899. The van der Waals surface area contributed by atoms with Gasteiger partial charge in [-0.2, -0.15) is 0 Å². The summed E-state index contributed by atoms with van der Waals surface area (Å²) in [7, 11) is 0. The summed E-state index contributed by atoms with van der Waals surface area (Å²) in [4.78, 5) is 4.11. The Morgan fingerprint density at radius 1 is 1.35 bits per heavy atom. The van der Waals surface area contributed by atoms with Crippen LogP contribution in [0.1, 0.15) is 0 Å². The van der Waals surface area contributed by atoms with Gasteiger partial charge in [-0.1, -0.05) is 0 Å². The molecular formula is C13H18FIN4O. The van der Waals surface area contributed by atoms with E-state index in [2.05, 4.69) is 27.5 Å². The Morgan fingerprint density at radius 2 is 2.05 bits per heavy atom. The van der Waals surface area contributed by atoms with E-state index in [0.29, 0.717) is 0 Å². The Hall–Kier alpha value is -1.25. The molecule has 0 atom stereocenters. The molecule has 0 saturated carbocycles. The Morgan fingerprint density at radius 3 is 2.60 bits per heavy atom. The van der Waals surface area contributed by atoms with E-state index in [1.165, 1.54) is 0 Å². The lowest BCUT2D eigenvalue weighted by Crippen LogP contribution is -2.50. The van der Waals surface area contributed by atoms with E-state index >= 15 is 0 Å². The highest BCUT2D eigenvalue weighted by Gasteiger charge is 2.18. The zero-order valence-electron chi connectivity index (χ0n) is 11.1. The standard InChI is InChI=1S/C13H18FIN4O/c14-3-8-20-12-2-1-10(9-11(12)15)18-4-6-19(7-5-18)13(16)17/h1-2,9H,3-8H2,(H3,16,17). The molecule has 110 valence electrons. The molecule has 0 aliphatic carbocycles. The summed E-state index contributed by atoms with van der Waals surface area (Å²) in [5.41, 5.74) is 6.60. The number of piperazine rings is 1. The summed E-state index contributed by atoms with van der Waals surface area (Å²) < 4.78 is 18.4. The van der Waals surface area contributed by atoms with E-state index in [1.807, 2.05) is 23.1 Å². The Bertz CT molecular complexity index is 477. The molecule has 1 fully saturated rings. The number of hydrogen-bond donors (Lipinski definition) is 2. The maximum absolute atomic E-state index is 12.1. The number of rotatable bonds is 4. The van der Waals surface area contributed by atoms with E-state index in [4.69, 9.17) is 15.9 Å². The van der Waals surface area contributed by atoms with Crippen LogP contribution in [-0.4, -0.2) is 50.3 Å². The first-order chi connectivity index (χ1) is 9.61. The fourth-order valence-electron chi connectivity index (χ4n) is 2.16. The lowest BCUT2D eigenvalue weighted by Gasteiger charge is -2.36. The Balaban J connectivity index is 2.00. The number of ether oxygens (including phenoxy) is 1. The van der Waals surface area contributed by atoms with Gasteiger partial charge in [0.2, 0.25) is 0 Å². The summed E-state index contributed by atoms with van der Waals surface area (Å²) in [6.45, 7) is 2.79. The van der Waals surface area contributed by atoms with Gasteiger partial charge in [-0.15, -0.1) is 0 Å². The second kappa shape index (κ2) is 6.96. The van der Waals surface area contributed by atoms with Gasteiger partial charge in [-0.25, -0.2) is 4.39 Å². The van der Waals surface area contributed by atoms with Gasteiger partial charge in [0.25, 0.3) is 0 Å². The lowest BCUT2D eigenvalue weighted by atomic mass is 10.2. The second-order valence-electron chi connectivity index (χ2n) is 4.51. The second-order valence-corrected chi connectivity index (χ2v) is 5.67. The third-order valence-electron chi connectivity index (χ3n) is 3.24. The van der Waals surface area contributed by atoms with Gasteiger partial charge in [0.1, 0.15) is 19.0 Å². The third-order valence-corrected chi connectivity index (χ3v) is 4.08. The molecule has 0 spiro atoms. The van der Waals surface area contributed by atoms with Crippen LogP contribution in [0.25, 0.3) is 0 Å². The molecule has 2 rings (SSSR count). The van der Waals surface area contributed by atoms with E-state index in [-0.39, 0.29) is 12.6 Å². The average molecular weight is 392 g/mol. The minimum Gasteiger partial charge on any atom is -0.490 e. The Kier molecular flexibility index (Phi) is 5.27. The van der Waals surface area contributed by atoms with Crippen LogP contribution >= 0.6 is 22.6 Å². The number of guanidine groups is 1. The molecule has 0 unspecified atom stereocenters. The normalized spacial score (nSPS) is 15.3. The van der Waals surface area contributed by atoms with Crippen LogP contribution in [0.4, 0.5) is 10.1 Å². The maximum Gasteiger partial charge on any atom is 0.188 e. The predicted octanol–water partition coefficient (Wildman–Crippen LogP) is 1.65. The molecule has 7 heteroatoms.